The third-order valence-corrected chi connectivity index (χ3v) is 3.07. The zero-order valence-electron chi connectivity index (χ0n) is 16.4. The summed E-state index contributed by atoms with van der Waals surface area (Å²) < 4.78 is 27.2. The quantitative estimate of drug-likeness (QED) is 0.535. The fourth-order valence-electron chi connectivity index (χ4n) is 2.02. The van der Waals surface area contributed by atoms with E-state index in [0.29, 0.717) is 0 Å². The van der Waals surface area contributed by atoms with E-state index in [-0.39, 0.29) is 44.0 Å². The number of hydrogen-bond acceptors (Lipinski definition) is 3. The Kier molecular flexibility index (Phi) is 13.1. The molecule has 0 aliphatic heterocycles. The van der Waals surface area contributed by atoms with Crippen molar-refractivity contribution in [3.63, 3.8) is 0 Å². The van der Waals surface area contributed by atoms with Crippen molar-refractivity contribution in [3.05, 3.63) is 72.3 Å². The number of nitrogens with one attached hydrogen (secondary N) is 1. The number of hydrogen-bond donors (Lipinski definition) is 1. The van der Waals surface area contributed by atoms with Gasteiger partial charge in [-0.1, -0.05) is 64.2 Å². The minimum atomic E-state index is -2.83. The molecule has 28 heavy (non-hydrogen) atoms. The molecular formula is C20H23F2N4OY-. The molecule has 0 fully saturated rings. The van der Waals surface area contributed by atoms with E-state index in [2.05, 4.69) is 21.6 Å². The van der Waals surface area contributed by atoms with Crippen LogP contribution in [0.4, 0.5) is 14.5 Å². The number of benzene rings is 1. The summed E-state index contributed by atoms with van der Waals surface area (Å²) in [5, 5.41) is 6.57. The number of nitrogens with zero attached hydrogens (tertiary/aromatic N) is 3. The molecule has 0 aliphatic carbocycles. The molecule has 0 bridgehead atoms. The number of halogens is 2. The molecule has 3 aromatic rings. The second kappa shape index (κ2) is 14.1. The van der Waals surface area contributed by atoms with Crippen LogP contribution in [0, 0.1) is 6.20 Å². The first-order valence-corrected chi connectivity index (χ1v) is 8.72. The van der Waals surface area contributed by atoms with E-state index in [0.717, 1.165) is 5.69 Å². The zero-order valence-corrected chi connectivity index (χ0v) is 19.2. The summed E-state index contributed by atoms with van der Waals surface area (Å²) >= 11 is 0. The van der Waals surface area contributed by atoms with Gasteiger partial charge in [-0.2, -0.15) is 0 Å². The molecule has 0 atom stereocenters. The van der Waals surface area contributed by atoms with Gasteiger partial charge in [-0.3, -0.25) is 14.9 Å². The third-order valence-electron chi connectivity index (χ3n) is 3.07. The van der Waals surface area contributed by atoms with Crippen LogP contribution in [0.25, 0.3) is 5.69 Å². The molecule has 0 unspecified atom stereocenters. The smallest absolute Gasteiger partial charge is 0.281 e. The maximum Gasteiger partial charge on any atom is 0.281 e. The van der Waals surface area contributed by atoms with Crippen LogP contribution in [-0.4, -0.2) is 20.7 Å². The molecule has 2 aromatic heterocycles. The topological polar surface area (TPSA) is 59.8 Å². The van der Waals surface area contributed by atoms with Crippen LogP contribution in [0.2, 0.25) is 0 Å². The predicted octanol–water partition coefficient (Wildman–Crippen LogP) is 5.31. The van der Waals surface area contributed by atoms with Crippen LogP contribution in [-0.2, 0) is 32.7 Å². The van der Waals surface area contributed by atoms with Crippen LogP contribution in [0.15, 0.2) is 54.9 Å². The Hall–Kier alpha value is -1.99. The molecule has 147 valence electrons. The van der Waals surface area contributed by atoms with E-state index >= 15 is 0 Å². The number of para-hydroxylation sites is 1. The van der Waals surface area contributed by atoms with E-state index < -0.39 is 18.0 Å². The maximum absolute atomic E-state index is 12.9. The number of carbonyl (C=O) groups excluding carboxylic acids is 1. The summed E-state index contributed by atoms with van der Waals surface area (Å²) in [7, 11) is 0. The number of carbonyl (C=O) groups is 1. The summed E-state index contributed by atoms with van der Waals surface area (Å²) in [5.74, 6) is -0.683. The maximum atomic E-state index is 12.9. The Labute approximate surface area is 189 Å². The molecule has 0 saturated heterocycles. The molecule has 2 heterocycles. The minimum Gasteiger partial charge on any atom is -0.358 e. The molecule has 1 amide bonds. The summed E-state index contributed by atoms with van der Waals surface area (Å²) in [6.45, 7) is 8.00. The fraction of sp³-hybridized carbons (Fsp3) is 0.250. The van der Waals surface area contributed by atoms with Gasteiger partial charge in [0, 0.05) is 38.9 Å². The first-order chi connectivity index (χ1) is 13.1. The summed E-state index contributed by atoms with van der Waals surface area (Å²) in [4.78, 5) is 15.7. The predicted molar refractivity (Wildman–Crippen MR) is 102 cm³/mol. The van der Waals surface area contributed by atoms with Gasteiger partial charge in [0.05, 0.1) is 5.56 Å². The first kappa shape index (κ1) is 26.0. The van der Waals surface area contributed by atoms with Crippen molar-refractivity contribution in [1.82, 2.24) is 14.8 Å². The van der Waals surface area contributed by atoms with Gasteiger partial charge >= 0.3 is 0 Å². The molecule has 1 aromatic carbocycles. The monoisotopic (exact) mass is 462 g/mol. The average Bonchev–Trinajstić information content (AvgIpc) is 3.20. The van der Waals surface area contributed by atoms with E-state index in [1.54, 1.807) is 0 Å². The van der Waals surface area contributed by atoms with E-state index in [9.17, 15) is 13.6 Å². The second-order valence-corrected chi connectivity index (χ2v) is 4.61. The molecule has 5 nitrogen and oxygen atoms in total. The van der Waals surface area contributed by atoms with Crippen LogP contribution in [0.3, 0.4) is 0 Å². The minimum absolute atomic E-state index is 0. The summed E-state index contributed by atoms with van der Waals surface area (Å²) in [5.41, 5.74) is 0.314. The summed E-state index contributed by atoms with van der Waals surface area (Å²) in [6.07, 6.45) is 2.63. The van der Waals surface area contributed by atoms with E-state index in [4.69, 9.17) is 0 Å². The molecule has 1 N–H and O–H groups in total. The van der Waals surface area contributed by atoms with Crippen molar-refractivity contribution >= 4 is 11.6 Å². The first-order valence-electron chi connectivity index (χ1n) is 8.72. The van der Waals surface area contributed by atoms with Gasteiger partial charge in [-0.05, 0) is 29.7 Å². The Morgan fingerprint density at radius 2 is 1.71 bits per heavy atom. The average molecular weight is 462 g/mol. The largest absolute Gasteiger partial charge is 0.358 e. The van der Waals surface area contributed by atoms with Gasteiger partial charge in [0.2, 0.25) is 0 Å². The molecule has 1 radical (unpaired) electrons. The van der Waals surface area contributed by atoms with Gasteiger partial charge in [0.15, 0.2) is 0 Å². The zero-order chi connectivity index (χ0) is 20.2. The SMILES string of the molecule is CC.CC.O=C(Nc1[c-]n(-c2ccccc2)nc1)c1cccnc1C(F)F.[Y]. The Bertz CT molecular complexity index is 826. The number of amides is 1. The Morgan fingerprint density at radius 3 is 2.32 bits per heavy atom. The van der Waals surface area contributed by atoms with Gasteiger partial charge in [0.25, 0.3) is 12.3 Å². The number of anilines is 1. The van der Waals surface area contributed by atoms with Crippen molar-refractivity contribution in [1.29, 1.82) is 0 Å². The van der Waals surface area contributed by atoms with Gasteiger partial charge in [0.1, 0.15) is 5.69 Å². The van der Waals surface area contributed by atoms with Crippen LogP contribution >= 0.6 is 0 Å². The van der Waals surface area contributed by atoms with Crippen molar-refractivity contribution in [2.45, 2.75) is 34.1 Å². The Balaban J connectivity index is 0.00000137. The van der Waals surface area contributed by atoms with Gasteiger partial charge in [-0.15, -0.1) is 0 Å². The molecule has 8 heteroatoms. The van der Waals surface area contributed by atoms with Gasteiger partial charge < -0.3 is 10.00 Å². The van der Waals surface area contributed by atoms with Crippen molar-refractivity contribution in [2.24, 2.45) is 0 Å². The Morgan fingerprint density at radius 1 is 1.07 bits per heavy atom. The molecule has 0 saturated carbocycles. The standard InChI is InChI=1S/C16H11F2N4O.2C2H6.Y/c17-15(18)14-13(7-4-8-19-14)16(23)21-11-9-20-22(10-11)12-5-2-1-3-6-12;2*1-2;/h1-9,15H,(H,21,23);2*1-2H3;/q-1;;;. The molecular weight excluding hydrogens is 439 g/mol. The van der Waals surface area contributed by atoms with Gasteiger partial charge in [-0.25, -0.2) is 8.78 Å². The fourth-order valence-corrected chi connectivity index (χ4v) is 2.02. The van der Waals surface area contributed by atoms with E-state index in [1.807, 2.05) is 58.0 Å². The van der Waals surface area contributed by atoms with Crippen molar-refractivity contribution < 1.29 is 46.3 Å². The second-order valence-electron chi connectivity index (χ2n) is 4.61. The summed E-state index contributed by atoms with van der Waals surface area (Å²) in [6, 6.07) is 11.9. The molecule has 3 rings (SSSR count). The van der Waals surface area contributed by atoms with Crippen molar-refractivity contribution in [2.75, 3.05) is 5.32 Å². The van der Waals surface area contributed by atoms with E-state index in [1.165, 1.54) is 29.2 Å². The number of aromatic nitrogens is 3. The van der Waals surface area contributed by atoms with Crippen LogP contribution < -0.4 is 5.32 Å². The molecule has 0 spiro atoms. The van der Waals surface area contributed by atoms with Crippen LogP contribution in [0.5, 0.6) is 0 Å². The number of pyridine rings is 1. The number of alkyl halides is 2. The normalized spacial score (nSPS) is 9.25. The van der Waals surface area contributed by atoms with Crippen molar-refractivity contribution in [3.8, 4) is 5.69 Å². The number of rotatable bonds is 4. The third kappa shape index (κ3) is 7.21. The van der Waals surface area contributed by atoms with Crippen LogP contribution in [0.1, 0.15) is 50.2 Å². The molecule has 0 aliphatic rings.